The minimum Gasteiger partial charge on any atom is -0.381 e. The molecule has 6 heteroatoms. The molecule has 126 valence electrons. The molecule has 1 heterocycles. The predicted octanol–water partition coefficient (Wildman–Crippen LogP) is 3.01. The van der Waals surface area contributed by atoms with E-state index in [2.05, 4.69) is 0 Å². The second-order valence-corrected chi connectivity index (χ2v) is 7.88. The highest BCUT2D eigenvalue weighted by Gasteiger charge is 2.39. The number of hydrogen-bond donors (Lipinski definition) is 0. The largest absolute Gasteiger partial charge is 0.500 e. The van der Waals surface area contributed by atoms with Gasteiger partial charge < -0.3 is 22.8 Å². The summed E-state index contributed by atoms with van der Waals surface area (Å²) in [4.78, 5) is 0. The van der Waals surface area contributed by atoms with Gasteiger partial charge in [0, 0.05) is 39.1 Å². The van der Waals surface area contributed by atoms with Crippen molar-refractivity contribution in [2.24, 2.45) is 0 Å². The van der Waals surface area contributed by atoms with E-state index in [9.17, 15) is 0 Å². The topological polar surface area (TPSA) is 49.5 Å². The Kier molecular flexibility index (Phi) is 10.5. The van der Waals surface area contributed by atoms with Crippen LogP contribution in [0.25, 0.3) is 0 Å². The van der Waals surface area contributed by atoms with Crippen LogP contribution >= 0.6 is 0 Å². The maximum absolute atomic E-state index is 5.83. The molecule has 0 aliphatic carbocycles. The Labute approximate surface area is 130 Å². The van der Waals surface area contributed by atoms with Gasteiger partial charge in [-0.25, -0.2) is 0 Å². The van der Waals surface area contributed by atoms with Gasteiger partial charge in [-0.15, -0.1) is 0 Å². The van der Waals surface area contributed by atoms with Gasteiger partial charge in [0.25, 0.3) is 0 Å². The summed E-state index contributed by atoms with van der Waals surface area (Å²) in [6.07, 6.45) is 4.80. The van der Waals surface area contributed by atoms with Gasteiger partial charge in [0.2, 0.25) is 0 Å². The Bertz CT molecular complexity index is 231. The van der Waals surface area contributed by atoms with Gasteiger partial charge in [-0.1, -0.05) is 0 Å². The van der Waals surface area contributed by atoms with Crippen molar-refractivity contribution in [3.8, 4) is 0 Å². The molecule has 0 bridgehead atoms. The van der Waals surface area contributed by atoms with E-state index in [1.165, 1.54) is 0 Å². The van der Waals surface area contributed by atoms with E-state index in [0.717, 1.165) is 51.5 Å². The molecule has 1 aliphatic heterocycles. The maximum Gasteiger partial charge on any atom is 0.500 e. The van der Waals surface area contributed by atoms with Crippen molar-refractivity contribution in [1.82, 2.24) is 0 Å². The molecule has 5 nitrogen and oxygen atoms in total. The zero-order chi connectivity index (χ0) is 15.4. The highest BCUT2D eigenvalue weighted by molar-refractivity contribution is 6.60. The predicted molar refractivity (Wildman–Crippen MR) is 84.5 cm³/mol. The van der Waals surface area contributed by atoms with Gasteiger partial charge in [-0.3, -0.25) is 0 Å². The molecule has 0 aromatic rings. The molecule has 1 unspecified atom stereocenters. The molecule has 1 atom stereocenters. The summed E-state index contributed by atoms with van der Waals surface area (Å²) in [5.41, 5.74) is 0. The lowest BCUT2D eigenvalue weighted by molar-refractivity contribution is 0.0692. The van der Waals surface area contributed by atoms with Crippen molar-refractivity contribution < 1.29 is 22.8 Å². The van der Waals surface area contributed by atoms with Crippen LogP contribution in [0, 0.1) is 0 Å². The molecule has 1 aliphatic rings. The van der Waals surface area contributed by atoms with Crippen molar-refractivity contribution >= 4 is 8.80 Å². The minimum atomic E-state index is -2.45. The van der Waals surface area contributed by atoms with Gasteiger partial charge >= 0.3 is 8.80 Å². The smallest absolute Gasteiger partial charge is 0.381 e. The lowest BCUT2D eigenvalue weighted by Crippen LogP contribution is -2.45. The summed E-state index contributed by atoms with van der Waals surface area (Å²) in [6, 6.07) is 0.877. The first-order valence-electron chi connectivity index (χ1n) is 8.37. The van der Waals surface area contributed by atoms with Crippen molar-refractivity contribution in [2.75, 3.05) is 39.6 Å². The molecular formula is C15H32O5Si. The molecular weight excluding hydrogens is 288 g/mol. The zero-order valence-corrected chi connectivity index (χ0v) is 14.9. The van der Waals surface area contributed by atoms with Crippen molar-refractivity contribution in [1.29, 1.82) is 0 Å². The van der Waals surface area contributed by atoms with Crippen LogP contribution in [0.15, 0.2) is 0 Å². The van der Waals surface area contributed by atoms with Gasteiger partial charge in [-0.2, -0.15) is 0 Å². The standard InChI is InChI=1S/C15H32O5Si/c1-4-18-21(19-5-2,20-6-3)13-8-7-11-16-12-9-10-15-14-17-15/h15H,4-14H2,1-3H3. The van der Waals surface area contributed by atoms with Crippen LogP contribution in [-0.4, -0.2) is 54.5 Å². The summed E-state index contributed by atoms with van der Waals surface area (Å²) in [5, 5.41) is 0. The minimum absolute atomic E-state index is 0.517. The average Bonchev–Trinajstić information content (AvgIpc) is 3.27. The third-order valence-electron chi connectivity index (χ3n) is 3.33. The Hall–Kier alpha value is 0.0169. The second-order valence-electron chi connectivity index (χ2n) is 5.15. The Morgan fingerprint density at radius 3 is 2.00 bits per heavy atom. The molecule has 0 saturated carbocycles. The monoisotopic (exact) mass is 320 g/mol. The normalized spacial score (nSPS) is 18.1. The summed E-state index contributed by atoms with van der Waals surface area (Å²) < 4.78 is 28.3. The van der Waals surface area contributed by atoms with E-state index in [1.807, 2.05) is 20.8 Å². The molecule has 1 saturated heterocycles. The van der Waals surface area contributed by atoms with Gasteiger partial charge in [0.1, 0.15) is 0 Å². The number of rotatable bonds is 15. The SMILES string of the molecule is CCO[Si](CCCCOCCCC1CO1)(OCC)OCC. The van der Waals surface area contributed by atoms with E-state index >= 15 is 0 Å². The third-order valence-corrected chi connectivity index (χ3v) is 6.48. The fraction of sp³-hybridized carbons (Fsp3) is 1.00. The summed E-state index contributed by atoms with van der Waals surface area (Å²) >= 11 is 0. The van der Waals surface area contributed by atoms with E-state index in [-0.39, 0.29) is 0 Å². The van der Waals surface area contributed by atoms with Crippen LogP contribution in [0.5, 0.6) is 0 Å². The van der Waals surface area contributed by atoms with E-state index in [4.69, 9.17) is 22.8 Å². The molecule has 1 rings (SSSR count). The number of hydrogen-bond acceptors (Lipinski definition) is 5. The molecule has 0 aromatic heterocycles. The maximum atomic E-state index is 5.83. The molecule has 21 heavy (non-hydrogen) atoms. The Morgan fingerprint density at radius 1 is 0.905 bits per heavy atom. The zero-order valence-electron chi connectivity index (χ0n) is 13.9. The first-order valence-corrected chi connectivity index (χ1v) is 10.3. The molecule has 1 fully saturated rings. The molecule has 0 amide bonds. The van der Waals surface area contributed by atoms with Crippen molar-refractivity contribution in [3.63, 3.8) is 0 Å². The lowest BCUT2D eigenvalue weighted by Gasteiger charge is -2.28. The molecule has 0 aromatic carbocycles. The van der Waals surface area contributed by atoms with Crippen LogP contribution in [0.4, 0.5) is 0 Å². The van der Waals surface area contributed by atoms with Crippen LogP contribution in [0.3, 0.4) is 0 Å². The van der Waals surface area contributed by atoms with E-state index in [1.54, 1.807) is 0 Å². The summed E-state index contributed by atoms with van der Waals surface area (Å²) in [6.45, 7) is 10.5. The van der Waals surface area contributed by atoms with Crippen LogP contribution in [0.1, 0.15) is 46.5 Å². The molecule has 0 N–H and O–H groups in total. The van der Waals surface area contributed by atoms with E-state index in [0.29, 0.717) is 25.9 Å². The van der Waals surface area contributed by atoms with Crippen LogP contribution in [0.2, 0.25) is 6.04 Å². The fourth-order valence-corrected chi connectivity index (χ4v) is 4.98. The van der Waals surface area contributed by atoms with Crippen LogP contribution < -0.4 is 0 Å². The number of epoxide rings is 1. The first kappa shape index (κ1) is 19.1. The third kappa shape index (κ3) is 8.90. The number of ether oxygens (including phenoxy) is 2. The molecule has 0 radical (unpaired) electrons. The van der Waals surface area contributed by atoms with E-state index < -0.39 is 8.80 Å². The fourth-order valence-electron chi connectivity index (χ4n) is 2.30. The van der Waals surface area contributed by atoms with Gasteiger partial charge in [0.05, 0.1) is 12.7 Å². The summed E-state index contributed by atoms with van der Waals surface area (Å²) in [5.74, 6) is 0. The number of unbranched alkanes of at least 4 members (excludes halogenated alkanes) is 1. The highest BCUT2D eigenvalue weighted by Crippen LogP contribution is 2.19. The van der Waals surface area contributed by atoms with Crippen LogP contribution in [-0.2, 0) is 22.8 Å². The second kappa shape index (κ2) is 11.6. The van der Waals surface area contributed by atoms with Crippen molar-refractivity contribution in [3.05, 3.63) is 0 Å². The quantitative estimate of drug-likeness (QED) is 0.264. The van der Waals surface area contributed by atoms with Gasteiger partial charge in [0.15, 0.2) is 0 Å². The van der Waals surface area contributed by atoms with Gasteiger partial charge in [-0.05, 0) is 46.5 Å². The lowest BCUT2D eigenvalue weighted by atomic mass is 10.2. The summed E-state index contributed by atoms with van der Waals surface area (Å²) in [7, 11) is -2.45. The Morgan fingerprint density at radius 2 is 1.48 bits per heavy atom. The average molecular weight is 321 g/mol. The Balaban J connectivity index is 2.06. The highest BCUT2D eigenvalue weighted by atomic mass is 28.4. The van der Waals surface area contributed by atoms with Crippen molar-refractivity contribution in [2.45, 2.75) is 58.6 Å². The molecule has 0 spiro atoms. The first-order chi connectivity index (χ1) is 10.3.